The van der Waals surface area contributed by atoms with E-state index in [1.807, 2.05) is 36.4 Å². The Morgan fingerprint density at radius 2 is 2.05 bits per heavy atom. The first kappa shape index (κ1) is 15.1. The van der Waals surface area contributed by atoms with E-state index in [4.69, 9.17) is 4.42 Å². The highest BCUT2D eigenvalue weighted by molar-refractivity contribution is 14.1. The van der Waals surface area contributed by atoms with E-state index >= 15 is 0 Å². The zero-order valence-electron chi connectivity index (χ0n) is 11.3. The molecule has 1 N–H and O–H groups in total. The summed E-state index contributed by atoms with van der Waals surface area (Å²) >= 11 is 3.56. The minimum absolute atomic E-state index is 0.140. The van der Waals surface area contributed by atoms with Gasteiger partial charge < -0.3 is 9.73 Å². The lowest BCUT2D eigenvalue weighted by atomic mass is 10.3. The third-order valence-electron chi connectivity index (χ3n) is 2.76. The average molecular weight is 422 g/mol. The Labute approximate surface area is 145 Å². The number of aliphatic imine (C=N–C) groups is 1. The number of amidine groups is 1. The highest BCUT2D eigenvalue weighted by atomic mass is 127. The van der Waals surface area contributed by atoms with Crippen LogP contribution in [0.1, 0.15) is 5.76 Å². The van der Waals surface area contributed by atoms with Gasteiger partial charge in [0.1, 0.15) is 5.76 Å². The molecule has 0 saturated carbocycles. The molecule has 1 aromatic heterocycles. The fourth-order valence-corrected chi connectivity index (χ4v) is 2.90. The molecular weight excluding hydrogens is 411 g/mol. The number of amides is 1. The van der Waals surface area contributed by atoms with Gasteiger partial charge in [-0.25, -0.2) is 4.99 Å². The van der Waals surface area contributed by atoms with E-state index in [0.29, 0.717) is 10.1 Å². The maximum absolute atomic E-state index is 11.9. The zero-order chi connectivity index (χ0) is 15.4. The molecule has 4 nitrogen and oxygen atoms in total. The Morgan fingerprint density at radius 3 is 2.77 bits per heavy atom. The molecule has 2 aromatic rings. The molecule has 6 heteroatoms. The summed E-state index contributed by atoms with van der Waals surface area (Å²) in [4.78, 5) is 16.9. The molecule has 2 heterocycles. The minimum Gasteiger partial charge on any atom is -0.465 e. The second-order valence-electron chi connectivity index (χ2n) is 4.36. The fraction of sp³-hybridized carbons (Fsp3) is 0. The lowest BCUT2D eigenvalue weighted by Gasteiger charge is -1.96. The van der Waals surface area contributed by atoms with Crippen molar-refractivity contribution in [1.82, 2.24) is 5.32 Å². The van der Waals surface area contributed by atoms with Crippen molar-refractivity contribution < 1.29 is 9.21 Å². The monoisotopic (exact) mass is 422 g/mol. The van der Waals surface area contributed by atoms with Crippen LogP contribution in [0, 0.1) is 3.57 Å². The minimum atomic E-state index is -0.140. The molecule has 3 rings (SSSR count). The van der Waals surface area contributed by atoms with E-state index in [9.17, 15) is 4.79 Å². The normalized spacial score (nSPS) is 18.5. The number of hydrogen-bond donors (Lipinski definition) is 1. The lowest BCUT2D eigenvalue weighted by molar-refractivity contribution is -0.115. The number of carbonyl (C=O) groups excluding carboxylic acids is 1. The number of carbonyl (C=O) groups is 1. The topological polar surface area (TPSA) is 54.6 Å². The maximum atomic E-state index is 11.9. The van der Waals surface area contributed by atoms with E-state index < -0.39 is 0 Å². The number of allylic oxidation sites excluding steroid dienone is 2. The van der Waals surface area contributed by atoms with Crippen LogP contribution in [0.15, 0.2) is 69.1 Å². The molecule has 110 valence electrons. The first-order valence-corrected chi connectivity index (χ1v) is 8.35. The van der Waals surface area contributed by atoms with Crippen LogP contribution in [0.25, 0.3) is 6.08 Å². The number of halogens is 1. The Bertz CT molecular complexity index is 762. The van der Waals surface area contributed by atoms with Crippen molar-refractivity contribution in [1.29, 1.82) is 0 Å². The molecule has 0 radical (unpaired) electrons. The molecule has 1 aliphatic heterocycles. The first-order valence-electron chi connectivity index (χ1n) is 6.46. The van der Waals surface area contributed by atoms with Crippen LogP contribution < -0.4 is 5.32 Å². The molecule has 1 fully saturated rings. The van der Waals surface area contributed by atoms with Gasteiger partial charge in [0.2, 0.25) is 0 Å². The molecular formula is C16H11IN2O2S. The number of nitrogens with zero attached hydrogens (tertiary/aromatic N) is 1. The van der Waals surface area contributed by atoms with E-state index in [-0.39, 0.29) is 5.91 Å². The summed E-state index contributed by atoms with van der Waals surface area (Å²) in [6.45, 7) is 0. The second kappa shape index (κ2) is 6.97. The molecule has 1 saturated heterocycles. The van der Waals surface area contributed by atoms with E-state index in [0.717, 1.165) is 15.0 Å². The Hall–Kier alpha value is -1.80. The van der Waals surface area contributed by atoms with E-state index in [1.165, 1.54) is 11.8 Å². The average Bonchev–Trinajstić information content (AvgIpc) is 3.12. The summed E-state index contributed by atoms with van der Waals surface area (Å²) in [7, 11) is 0. The summed E-state index contributed by atoms with van der Waals surface area (Å²) in [5.41, 5.74) is 0.815. The van der Waals surface area contributed by atoms with Crippen LogP contribution in [0.3, 0.4) is 0 Å². The van der Waals surface area contributed by atoms with Gasteiger partial charge in [-0.05, 0) is 82.9 Å². The predicted molar refractivity (Wildman–Crippen MR) is 97.8 cm³/mol. The summed E-state index contributed by atoms with van der Waals surface area (Å²) in [6.07, 6.45) is 6.94. The fourth-order valence-electron chi connectivity index (χ4n) is 1.74. The highest BCUT2D eigenvalue weighted by Crippen LogP contribution is 2.26. The van der Waals surface area contributed by atoms with Gasteiger partial charge in [-0.15, -0.1) is 0 Å². The molecule has 0 unspecified atom stereocenters. The number of furan rings is 1. The predicted octanol–water partition coefficient (Wildman–Crippen LogP) is 4.33. The van der Waals surface area contributed by atoms with Crippen molar-refractivity contribution >= 4 is 57.2 Å². The lowest BCUT2D eigenvalue weighted by Crippen LogP contribution is -2.19. The summed E-state index contributed by atoms with van der Waals surface area (Å²) in [6, 6.07) is 11.4. The van der Waals surface area contributed by atoms with Gasteiger partial charge in [-0.2, -0.15) is 0 Å². The Morgan fingerprint density at radius 1 is 1.23 bits per heavy atom. The van der Waals surface area contributed by atoms with Crippen molar-refractivity contribution in [3.63, 3.8) is 0 Å². The molecule has 1 aliphatic rings. The van der Waals surface area contributed by atoms with E-state index in [1.54, 1.807) is 24.5 Å². The van der Waals surface area contributed by atoms with Crippen LogP contribution in [0.2, 0.25) is 0 Å². The summed E-state index contributed by atoms with van der Waals surface area (Å²) < 4.78 is 6.33. The molecule has 22 heavy (non-hydrogen) atoms. The quantitative estimate of drug-likeness (QED) is 0.592. The van der Waals surface area contributed by atoms with Crippen molar-refractivity contribution in [2.75, 3.05) is 0 Å². The number of thioether (sulfide) groups is 1. The van der Waals surface area contributed by atoms with Crippen LogP contribution in [-0.4, -0.2) is 11.1 Å². The standard InChI is InChI=1S/C16H11IN2O2S/c17-11-6-8-12(9-7-11)18-16-19-15(20)14(22-16)5-1-3-13-4-2-10-21-13/h1-10H,(H,18,19,20)/b3-1+,14-5+. The Balaban J connectivity index is 1.71. The van der Waals surface area contributed by atoms with Crippen LogP contribution in [0.5, 0.6) is 0 Å². The summed E-state index contributed by atoms with van der Waals surface area (Å²) in [5, 5.41) is 3.34. The van der Waals surface area contributed by atoms with Gasteiger partial charge in [-0.1, -0.05) is 6.08 Å². The number of benzene rings is 1. The highest BCUT2D eigenvalue weighted by Gasteiger charge is 2.22. The molecule has 0 atom stereocenters. The molecule has 0 bridgehead atoms. The van der Waals surface area contributed by atoms with Gasteiger partial charge >= 0.3 is 0 Å². The van der Waals surface area contributed by atoms with Crippen molar-refractivity contribution in [3.8, 4) is 0 Å². The van der Waals surface area contributed by atoms with Crippen molar-refractivity contribution in [2.24, 2.45) is 4.99 Å². The maximum Gasteiger partial charge on any atom is 0.264 e. The SMILES string of the molecule is O=C1NC(=Nc2ccc(I)cc2)S/C1=C/C=C/c1ccco1. The smallest absolute Gasteiger partial charge is 0.264 e. The number of rotatable bonds is 3. The van der Waals surface area contributed by atoms with Gasteiger partial charge in [0.25, 0.3) is 5.91 Å². The van der Waals surface area contributed by atoms with Gasteiger partial charge in [-0.3, -0.25) is 4.79 Å². The van der Waals surface area contributed by atoms with E-state index in [2.05, 4.69) is 32.9 Å². The van der Waals surface area contributed by atoms with Crippen LogP contribution >= 0.6 is 34.4 Å². The van der Waals surface area contributed by atoms with Crippen molar-refractivity contribution in [3.05, 3.63) is 69.0 Å². The largest absolute Gasteiger partial charge is 0.465 e. The van der Waals surface area contributed by atoms with Gasteiger partial charge in [0, 0.05) is 3.57 Å². The summed E-state index contributed by atoms with van der Waals surface area (Å²) in [5.74, 6) is 0.603. The van der Waals surface area contributed by atoms with Crippen LogP contribution in [0.4, 0.5) is 5.69 Å². The third kappa shape index (κ3) is 3.89. The third-order valence-corrected chi connectivity index (χ3v) is 4.41. The van der Waals surface area contributed by atoms with Crippen LogP contribution in [-0.2, 0) is 4.79 Å². The molecule has 0 aliphatic carbocycles. The Kier molecular flexibility index (Phi) is 4.79. The van der Waals surface area contributed by atoms with Gasteiger partial charge in [0.05, 0.1) is 16.9 Å². The molecule has 1 amide bonds. The number of hydrogen-bond acceptors (Lipinski definition) is 4. The second-order valence-corrected chi connectivity index (χ2v) is 6.63. The zero-order valence-corrected chi connectivity index (χ0v) is 14.3. The number of nitrogens with one attached hydrogen (secondary N) is 1. The molecule has 0 spiro atoms. The molecule has 1 aromatic carbocycles. The van der Waals surface area contributed by atoms with Crippen molar-refractivity contribution in [2.45, 2.75) is 0 Å². The first-order chi connectivity index (χ1) is 10.7. The van der Waals surface area contributed by atoms with Gasteiger partial charge in [0.15, 0.2) is 5.17 Å².